The quantitative estimate of drug-likeness (QED) is 0.662. The fourth-order valence-electron chi connectivity index (χ4n) is 1.29. The maximum atomic E-state index is 12.3. The van der Waals surface area contributed by atoms with Crippen molar-refractivity contribution in [1.82, 2.24) is 15.2 Å². The minimum Gasteiger partial charge on any atom is -0.289 e. The summed E-state index contributed by atoms with van der Waals surface area (Å²) in [7, 11) is 0. The Labute approximate surface area is 110 Å². The number of hydrazone groups is 1. The molecule has 2 rings (SSSR count). The Kier molecular flexibility index (Phi) is 3.78. The van der Waals surface area contributed by atoms with E-state index in [2.05, 4.69) is 25.7 Å². The van der Waals surface area contributed by atoms with E-state index in [1.165, 1.54) is 18.3 Å². The molecule has 1 aromatic carbocycles. The third-order valence-electron chi connectivity index (χ3n) is 2.20. The topological polar surface area (TPSA) is 83.0 Å². The average molecular weight is 283 g/mol. The molecule has 2 aromatic rings. The van der Waals surface area contributed by atoms with E-state index in [0.717, 1.165) is 18.3 Å². The number of hydrogen-bond donors (Lipinski definition) is 2. The molecule has 20 heavy (non-hydrogen) atoms. The second-order valence-electron chi connectivity index (χ2n) is 3.67. The fraction of sp³-hybridized carbons (Fsp3) is 0.0909. The van der Waals surface area contributed by atoms with Crippen LogP contribution in [0.5, 0.6) is 0 Å². The van der Waals surface area contributed by atoms with Gasteiger partial charge in [0.05, 0.1) is 11.8 Å². The van der Waals surface area contributed by atoms with Gasteiger partial charge in [-0.15, -0.1) is 10.2 Å². The van der Waals surface area contributed by atoms with Crippen LogP contribution >= 0.6 is 0 Å². The van der Waals surface area contributed by atoms with Crippen LogP contribution in [0, 0.1) is 0 Å². The molecule has 2 N–H and O–H groups in total. The minimum atomic E-state index is -4.37. The highest BCUT2D eigenvalue weighted by molar-refractivity contribution is 5.80. The molecular weight excluding hydrogens is 275 g/mol. The van der Waals surface area contributed by atoms with Crippen LogP contribution in [0.2, 0.25) is 0 Å². The molecular formula is C11H8F3N5O. The van der Waals surface area contributed by atoms with Crippen molar-refractivity contribution < 1.29 is 13.2 Å². The van der Waals surface area contributed by atoms with Gasteiger partial charge in [-0.05, 0) is 17.7 Å². The van der Waals surface area contributed by atoms with Crippen LogP contribution in [0.4, 0.5) is 19.1 Å². The van der Waals surface area contributed by atoms with Crippen molar-refractivity contribution in [2.75, 3.05) is 5.43 Å². The number of nitrogens with zero attached hydrogens (tertiary/aromatic N) is 3. The lowest BCUT2D eigenvalue weighted by Gasteiger charge is -2.05. The van der Waals surface area contributed by atoms with E-state index in [0.29, 0.717) is 5.56 Å². The SMILES string of the molecule is O=c1cnnc(N/N=C\c2ccc(C(F)(F)F)cc2)[nH]1. The first-order chi connectivity index (χ1) is 9.45. The largest absolute Gasteiger partial charge is 0.416 e. The van der Waals surface area contributed by atoms with Crippen molar-refractivity contribution in [3.8, 4) is 0 Å². The summed E-state index contributed by atoms with van der Waals surface area (Å²) in [5.41, 5.74) is 1.67. The van der Waals surface area contributed by atoms with E-state index in [9.17, 15) is 18.0 Å². The lowest BCUT2D eigenvalue weighted by Crippen LogP contribution is -2.10. The van der Waals surface area contributed by atoms with Crippen LogP contribution in [0.1, 0.15) is 11.1 Å². The normalized spacial score (nSPS) is 11.8. The van der Waals surface area contributed by atoms with Crippen molar-refractivity contribution in [3.05, 3.63) is 51.9 Å². The van der Waals surface area contributed by atoms with Crippen LogP contribution in [0.15, 0.2) is 40.4 Å². The van der Waals surface area contributed by atoms with E-state index < -0.39 is 17.3 Å². The third-order valence-corrected chi connectivity index (χ3v) is 2.20. The van der Waals surface area contributed by atoms with Gasteiger partial charge in [0.1, 0.15) is 6.20 Å². The Morgan fingerprint density at radius 1 is 1.25 bits per heavy atom. The molecule has 104 valence electrons. The number of benzene rings is 1. The van der Waals surface area contributed by atoms with Gasteiger partial charge in [0.15, 0.2) is 0 Å². The highest BCUT2D eigenvalue weighted by Crippen LogP contribution is 2.28. The summed E-state index contributed by atoms with van der Waals surface area (Å²) < 4.78 is 37.0. The van der Waals surface area contributed by atoms with Crippen LogP contribution in [0.3, 0.4) is 0 Å². The molecule has 0 unspecified atom stereocenters. The van der Waals surface area contributed by atoms with Crippen molar-refractivity contribution in [2.24, 2.45) is 5.10 Å². The molecule has 9 heteroatoms. The first kappa shape index (κ1) is 13.7. The Hall–Kier alpha value is -2.71. The summed E-state index contributed by atoms with van der Waals surface area (Å²) in [6.45, 7) is 0. The monoisotopic (exact) mass is 283 g/mol. The summed E-state index contributed by atoms with van der Waals surface area (Å²) in [6, 6.07) is 4.44. The summed E-state index contributed by atoms with van der Waals surface area (Å²) in [4.78, 5) is 13.2. The first-order valence-corrected chi connectivity index (χ1v) is 5.33. The standard InChI is InChI=1S/C11H8F3N5O/c12-11(13,14)8-3-1-7(2-4-8)5-15-18-10-17-9(20)6-16-19-10/h1-6H,(H2,17,18,19,20)/b15-5-. The number of rotatable bonds is 3. The molecule has 0 aliphatic carbocycles. The Balaban J connectivity index is 2.03. The Morgan fingerprint density at radius 3 is 2.55 bits per heavy atom. The van der Waals surface area contributed by atoms with Crippen molar-refractivity contribution in [3.63, 3.8) is 0 Å². The van der Waals surface area contributed by atoms with Gasteiger partial charge in [-0.2, -0.15) is 18.3 Å². The van der Waals surface area contributed by atoms with Gasteiger partial charge in [0.2, 0.25) is 5.95 Å². The lowest BCUT2D eigenvalue weighted by atomic mass is 10.1. The number of alkyl halides is 3. The highest BCUT2D eigenvalue weighted by Gasteiger charge is 2.29. The number of halogens is 3. The van der Waals surface area contributed by atoms with Gasteiger partial charge in [-0.25, -0.2) is 5.43 Å². The second-order valence-corrected chi connectivity index (χ2v) is 3.67. The predicted molar refractivity (Wildman–Crippen MR) is 65.3 cm³/mol. The highest BCUT2D eigenvalue weighted by atomic mass is 19.4. The van der Waals surface area contributed by atoms with Gasteiger partial charge < -0.3 is 0 Å². The van der Waals surface area contributed by atoms with Crippen molar-refractivity contribution in [1.29, 1.82) is 0 Å². The van der Waals surface area contributed by atoms with Gasteiger partial charge in [0.25, 0.3) is 5.56 Å². The third kappa shape index (κ3) is 3.64. The second kappa shape index (κ2) is 5.51. The summed E-state index contributed by atoms with van der Waals surface area (Å²) >= 11 is 0. The predicted octanol–water partition coefficient (Wildman–Crippen LogP) is 1.63. The van der Waals surface area contributed by atoms with Crippen molar-refractivity contribution in [2.45, 2.75) is 6.18 Å². The number of hydrogen-bond acceptors (Lipinski definition) is 5. The molecule has 0 spiro atoms. The number of anilines is 1. The van der Waals surface area contributed by atoms with Crippen LogP contribution in [-0.2, 0) is 6.18 Å². The summed E-state index contributed by atoms with van der Waals surface area (Å²) in [5, 5.41) is 10.6. The maximum Gasteiger partial charge on any atom is 0.416 e. The van der Waals surface area contributed by atoms with Crippen LogP contribution < -0.4 is 11.0 Å². The molecule has 0 saturated carbocycles. The number of H-pyrrole nitrogens is 1. The number of aromatic nitrogens is 3. The molecule has 0 atom stereocenters. The van der Waals surface area contributed by atoms with Crippen molar-refractivity contribution >= 4 is 12.2 Å². The molecule has 0 aliphatic heterocycles. The fourth-order valence-corrected chi connectivity index (χ4v) is 1.29. The average Bonchev–Trinajstić information content (AvgIpc) is 2.38. The Morgan fingerprint density at radius 2 is 1.95 bits per heavy atom. The summed E-state index contributed by atoms with van der Waals surface area (Å²) in [5.74, 6) is 0.0284. The van der Waals surface area contributed by atoms with E-state index in [1.807, 2.05) is 0 Å². The zero-order chi connectivity index (χ0) is 14.6. The number of nitrogens with one attached hydrogen (secondary N) is 2. The molecule has 0 amide bonds. The summed E-state index contributed by atoms with van der Waals surface area (Å²) in [6.07, 6.45) is -2.09. The minimum absolute atomic E-state index is 0.0284. The van der Waals surface area contributed by atoms with E-state index in [1.54, 1.807) is 0 Å². The van der Waals surface area contributed by atoms with E-state index in [4.69, 9.17) is 0 Å². The van der Waals surface area contributed by atoms with E-state index >= 15 is 0 Å². The van der Waals surface area contributed by atoms with Crippen LogP contribution in [0.25, 0.3) is 0 Å². The van der Waals surface area contributed by atoms with Gasteiger partial charge >= 0.3 is 6.18 Å². The smallest absolute Gasteiger partial charge is 0.289 e. The lowest BCUT2D eigenvalue weighted by molar-refractivity contribution is -0.137. The van der Waals surface area contributed by atoms with E-state index in [-0.39, 0.29) is 5.95 Å². The first-order valence-electron chi connectivity index (χ1n) is 5.33. The van der Waals surface area contributed by atoms with Gasteiger partial charge in [-0.3, -0.25) is 9.78 Å². The Bertz CT molecular complexity index is 663. The molecule has 0 fully saturated rings. The van der Waals surface area contributed by atoms with Gasteiger partial charge in [-0.1, -0.05) is 12.1 Å². The molecule has 1 heterocycles. The van der Waals surface area contributed by atoms with Crippen LogP contribution in [-0.4, -0.2) is 21.4 Å². The van der Waals surface area contributed by atoms with Gasteiger partial charge in [0, 0.05) is 0 Å². The molecule has 1 aromatic heterocycles. The maximum absolute atomic E-state index is 12.3. The molecule has 0 aliphatic rings. The zero-order valence-corrected chi connectivity index (χ0v) is 9.85. The number of aromatic amines is 1. The molecule has 6 nitrogen and oxygen atoms in total. The molecule has 0 saturated heterocycles. The molecule has 0 bridgehead atoms. The zero-order valence-electron chi connectivity index (χ0n) is 9.85. The molecule has 0 radical (unpaired) electrons.